The molecule has 9 heteroatoms. The molecule has 0 aliphatic carbocycles. The summed E-state index contributed by atoms with van der Waals surface area (Å²) >= 11 is 5.11. The van der Waals surface area contributed by atoms with Crippen molar-refractivity contribution in [1.29, 1.82) is 0 Å². The Morgan fingerprint density at radius 2 is 2.11 bits per heavy atom. The number of para-hydroxylation sites is 2. The predicted molar refractivity (Wildman–Crippen MR) is 112 cm³/mol. The summed E-state index contributed by atoms with van der Waals surface area (Å²) in [4.78, 5) is 10.5. The Morgan fingerprint density at radius 1 is 1.32 bits per heavy atom. The van der Waals surface area contributed by atoms with Crippen molar-refractivity contribution in [3.63, 3.8) is 0 Å². The van der Waals surface area contributed by atoms with Gasteiger partial charge < -0.3 is 14.8 Å². The number of anilines is 1. The molecule has 0 aliphatic rings. The van der Waals surface area contributed by atoms with Crippen molar-refractivity contribution in [2.45, 2.75) is 6.92 Å². The van der Waals surface area contributed by atoms with Gasteiger partial charge in [0.25, 0.3) is 5.69 Å². The van der Waals surface area contributed by atoms with Crippen LogP contribution in [-0.4, -0.2) is 29.5 Å². The average Bonchev–Trinajstić information content (AvgIpc) is 2.68. The van der Waals surface area contributed by atoms with Crippen LogP contribution in [-0.2, 0) is 0 Å². The van der Waals surface area contributed by atoms with Crippen molar-refractivity contribution in [2.75, 3.05) is 18.5 Å². The molecule has 0 spiro atoms. The largest absolute Gasteiger partial charge is 0.490 e. The van der Waals surface area contributed by atoms with E-state index in [2.05, 4.69) is 21.8 Å². The van der Waals surface area contributed by atoms with Crippen LogP contribution < -0.4 is 20.2 Å². The van der Waals surface area contributed by atoms with Crippen LogP contribution in [0, 0.1) is 22.5 Å². The van der Waals surface area contributed by atoms with E-state index in [9.17, 15) is 10.1 Å². The number of benzene rings is 2. The summed E-state index contributed by atoms with van der Waals surface area (Å²) < 4.78 is 11.0. The molecule has 0 unspecified atom stereocenters. The summed E-state index contributed by atoms with van der Waals surface area (Å²) in [5.41, 5.74) is 3.54. The van der Waals surface area contributed by atoms with E-state index in [0.29, 0.717) is 18.1 Å². The predicted octanol–water partition coefficient (Wildman–Crippen LogP) is 3.33. The third-order valence-corrected chi connectivity index (χ3v) is 3.50. The van der Waals surface area contributed by atoms with Crippen molar-refractivity contribution in [1.82, 2.24) is 5.43 Å². The van der Waals surface area contributed by atoms with Crippen molar-refractivity contribution >= 4 is 34.9 Å². The highest BCUT2D eigenvalue weighted by Gasteiger charge is 2.12. The number of rotatable bonds is 8. The lowest BCUT2D eigenvalue weighted by molar-refractivity contribution is -0.383. The number of hydrogen-bond donors (Lipinski definition) is 2. The molecule has 0 bridgehead atoms. The fraction of sp³-hybridized carbons (Fsp3) is 0.158. The van der Waals surface area contributed by atoms with Gasteiger partial charge in [-0.3, -0.25) is 15.5 Å². The molecule has 0 radical (unpaired) electrons. The first-order chi connectivity index (χ1) is 13.5. The smallest absolute Gasteiger partial charge is 0.292 e. The van der Waals surface area contributed by atoms with Crippen LogP contribution in [0.3, 0.4) is 0 Å². The number of nitro groups is 1. The molecule has 144 valence electrons. The van der Waals surface area contributed by atoms with Gasteiger partial charge in [-0.05, 0) is 49.0 Å². The molecule has 0 aromatic heterocycles. The standard InChI is InChI=1S/C19H18N4O4S/c1-3-11-27-17-10-9-14(12-18(17)26-4-2)13-20-22-19(28)21-15-7-5-6-8-16(15)23(24)25/h1,5-10,12-13H,4,11H2,2H3,(H2,21,22,28)/b20-13-. The number of terminal acetylenes is 1. The minimum absolute atomic E-state index is 0.0838. The summed E-state index contributed by atoms with van der Waals surface area (Å²) in [6, 6.07) is 11.4. The van der Waals surface area contributed by atoms with Crippen LogP contribution in [0.5, 0.6) is 11.5 Å². The Bertz CT molecular complexity index is 924. The van der Waals surface area contributed by atoms with Crippen LogP contribution in [0.2, 0.25) is 0 Å². The normalized spacial score (nSPS) is 10.1. The Hall–Kier alpha value is -3.64. The van der Waals surface area contributed by atoms with Crippen molar-refractivity contribution in [3.8, 4) is 23.8 Å². The highest BCUT2D eigenvalue weighted by atomic mass is 32.1. The Labute approximate surface area is 167 Å². The van der Waals surface area contributed by atoms with Gasteiger partial charge in [0.2, 0.25) is 0 Å². The first-order valence-electron chi connectivity index (χ1n) is 8.21. The summed E-state index contributed by atoms with van der Waals surface area (Å²) in [7, 11) is 0. The Morgan fingerprint density at radius 3 is 2.82 bits per heavy atom. The number of nitro benzene ring substituents is 1. The molecule has 2 aromatic carbocycles. The lowest BCUT2D eigenvalue weighted by Crippen LogP contribution is -2.24. The van der Waals surface area contributed by atoms with E-state index < -0.39 is 4.92 Å². The zero-order chi connectivity index (χ0) is 20.4. The zero-order valence-electron chi connectivity index (χ0n) is 15.0. The summed E-state index contributed by atoms with van der Waals surface area (Å²) in [5.74, 6) is 3.48. The van der Waals surface area contributed by atoms with E-state index in [4.69, 9.17) is 28.1 Å². The van der Waals surface area contributed by atoms with Crippen LogP contribution >= 0.6 is 12.2 Å². The molecule has 2 aromatic rings. The van der Waals surface area contributed by atoms with Crippen LogP contribution in [0.15, 0.2) is 47.6 Å². The second-order valence-corrected chi connectivity index (χ2v) is 5.64. The second-order valence-electron chi connectivity index (χ2n) is 5.23. The molecule has 0 heterocycles. The maximum absolute atomic E-state index is 11.0. The molecule has 8 nitrogen and oxygen atoms in total. The van der Waals surface area contributed by atoms with Gasteiger partial charge in [0, 0.05) is 6.07 Å². The van der Waals surface area contributed by atoms with Crippen molar-refractivity contribution in [3.05, 3.63) is 58.1 Å². The summed E-state index contributed by atoms with van der Waals surface area (Å²) in [5, 5.41) is 17.9. The minimum atomic E-state index is -0.493. The molecule has 0 atom stereocenters. The van der Waals surface area contributed by atoms with Crippen LogP contribution in [0.4, 0.5) is 11.4 Å². The number of thiocarbonyl (C=S) groups is 1. The quantitative estimate of drug-likeness (QED) is 0.231. The lowest BCUT2D eigenvalue weighted by Gasteiger charge is -2.11. The van der Waals surface area contributed by atoms with Gasteiger partial charge in [-0.2, -0.15) is 5.10 Å². The number of hydrazone groups is 1. The molecule has 0 fully saturated rings. The van der Waals surface area contributed by atoms with Crippen LogP contribution in [0.1, 0.15) is 12.5 Å². The highest BCUT2D eigenvalue weighted by Crippen LogP contribution is 2.28. The lowest BCUT2D eigenvalue weighted by atomic mass is 10.2. The molecule has 0 saturated heterocycles. The van der Waals surface area contributed by atoms with E-state index in [0.717, 1.165) is 5.56 Å². The van der Waals surface area contributed by atoms with E-state index >= 15 is 0 Å². The van der Waals surface area contributed by atoms with Gasteiger partial charge in [-0.1, -0.05) is 18.1 Å². The fourth-order valence-electron chi connectivity index (χ4n) is 2.17. The monoisotopic (exact) mass is 398 g/mol. The Kier molecular flexibility index (Phi) is 7.75. The van der Waals surface area contributed by atoms with Gasteiger partial charge in [0.15, 0.2) is 16.6 Å². The van der Waals surface area contributed by atoms with Gasteiger partial charge in [-0.25, -0.2) is 0 Å². The molecule has 0 aliphatic heterocycles. The molecule has 2 N–H and O–H groups in total. The average molecular weight is 398 g/mol. The molecular formula is C19H18N4O4S. The minimum Gasteiger partial charge on any atom is -0.490 e. The fourth-order valence-corrected chi connectivity index (χ4v) is 2.33. The van der Waals surface area contributed by atoms with Crippen LogP contribution in [0.25, 0.3) is 0 Å². The third-order valence-electron chi connectivity index (χ3n) is 3.31. The van der Waals surface area contributed by atoms with Gasteiger partial charge in [0.1, 0.15) is 12.3 Å². The number of ether oxygens (including phenoxy) is 2. The van der Waals surface area contributed by atoms with Gasteiger partial charge in [-0.15, -0.1) is 6.42 Å². The topological polar surface area (TPSA) is 98.0 Å². The van der Waals surface area contributed by atoms with Gasteiger partial charge >= 0.3 is 0 Å². The molecule has 28 heavy (non-hydrogen) atoms. The first-order valence-corrected chi connectivity index (χ1v) is 8.62. The van der Waals surface area contributed by atoms with E-state index in [1.54, 1.807) is 36.4 Å². The van der Waals surface area contributed by atoms with Gasteiger partial charge in [0.05, 0.1) is 17.7 Å². The van der Waals surface area contributed by atoms with Crippen molar-refractivity contribution in [2.24, 2.45) is 5.10 Å². The van der Waals surface area contributed by atoms with Crippen molar-refractivity contribution < 1.29 is 14.4 Å². The van der Waals surface area contributed by atoms with E-state index in [-0.39, 0.29) is 23.1 Å². The molecule has 2 rings (SSSR count). The Balaban J connectivity index is 2.02. The summed E-state index contributed by atoms with van der Waals surface area (Å²) in [6.45, 7) is 2.47. The first kappa shape index (κ1) is 20.7. The summed E-state index contributed by atoms with van der Waals surface area (Å²) in [6.07, 6.45) is 6.73. The molecule has 0 saturated carbocycles. The third kappa shape index (κ3) is 5.96. The number of nitrogens with one attached hydrogen (secondary N) is 2. The number of nitrogens with zero attached hydrogens (tertiary/aromatic N) is 2. The maximum Gasteiger partial charge on any atom is 0.292 e. The molecular weight excluding hydrogens is 380 g/mol. The highest BCUT2D eigenvalue weighted by molar-refractivity contribution is 7.80. The molecule has 0 amide bonds. The van der Waals surface area contributed by atoms with E-state index in [1.807, 2.05) is 6.92 Å². The maximum atomic E-state index is 11.0. The van der Waals surface area contributed by atoms with E-state index in [1.165, 1.54) is 12.3 Å². The number of hydrogen-bond acceptors (Lipinski definition) is 6. The second kappa shape index (κ2) is 10.5. The zero-order valence-corrected chi connectivity index (χ0v) is 15.9. The SMILES string of the molecule is C#CCOc1ccc(/C=N\NC(=S)Nc2ccccc2[N+](=O)[O-])cc1OCC.